The number of carboxylic acid groups (broad SMARTS) is 1. The van der Waals surface area contributed by atoms with E-state index in [0.29, 0.717) is 0 Å². The second-order valence-electron chi connectivity index (χ2n) is 4.05. The van der Waals surface area contributed by atoms with Gasteiger partial charge >= 0.3 is 5.97 Å². The summed E-state index contributed by atoms with van der Waals surface area (Å²) < 4.78 is 13.1. The summed E-state index contributed by atoms with van der Waals surface area (Å²) in [4.78, 5) is 11.6. The Bertz CT molecular complexity index is 402. The summed E-state index contributed by atoms with van der Waals surface area (Å²) in [6.07, 6.45) is 3.83. The number of carboxylic acids is 1. The van der Waals surface area contributed by atoms with Crippen molar-refractivity contribution in [1.82, 2.24) is 0 Å². The first-order valence-corrected chi connectivity index (χ1v) is 6.31. The third-order valence-corrected chi connectivity index (χ3v) is 4.10. The molecule has 1 fully saturated rings. The van der Waals surface area contributed by atoms with Crippen LogP contribution in [0.5, 0.6) is 0 Å². The van der Waals surface area contributed by atoms with E-state index in [9.17, 15) is 9.18 Å². The van der Waals surface area contributed by atoms with Crippen molar-refractivity contribution in [3.8, 4) is 0 Å². The van der Waals surface area contributed by atoms with Crippen molar-refractivity contribution >= 4 is 17.7 Å². The molecule has 0 bridgehead atoms. The molecule has 1 saturated carbocycles. The molecule has 0 spiro atoms. The van der Waals surface area contributed by atoms with Gasteiger partial charge in [-0.1, -0.05) is 6.42 Å². The van der Waals surface area contributed by atoms with Gasteiger partial charge in [0.1, 0.15) is 5.82 Å². The van der Waals surface area contributed by atoms with Gasteiger partial charge in [0.05, 0.1) is 5.56 Å². The molecule has 1 aliphatic carbocycles. The van der Waals surface area contributed by atoms with Gasteiger partial charge in [-0.05, 0) is 37.0 Å². The average molecular weight is 240 g/mol. The lowest BCUT2D eigenvalue weighted by Gasteiger charge is -2.24. The van der Waals surface area contributed by atoms with Crippen LogP contribution in [0.3, 0.4) is 0 Å². The lowest BCUT2D eigenvalue weighted by molar-refractivity contribution is 0.0691. The van der Waals surface area contributed by atoms with Gasteiger partial charge in [-0.3, -0.25) is 0 Å². The van der Waals surface area contributed by atoms with E-state index in [1.807, 2.05) is 0 Å². The van der Waals surface area contributed by atoms with Gasteiger partial charge < -0.3 is 5.11 Å². The van der Waals surface area contributed by atoms with E-state index in [2.05, 4.69) is 0 Å². The monoisotopic (exact) mass is 240 g/mol. The molecular formula is C12H13FO2S. The Morgan fingerprint density at radius 2 is 2.25 bits per heavy atom. The third kappa shape index (κ3) is 2.55. The number of thioether (sulfide) groups is 1. The van der Waals surface area contributed by atoms with Gasteiger partial charge in [0.15, 0.2) is 0 Å². The van der Waals surface area contributed by atoms with Crippen LogP contribution in [0.1, 0.15) is 29.6 Å². The largest absolute Gasteiger partial charge is 0.478 e. The molecule has 0 atom stereocenters. The molecular weight excluding hydrogens is 227 g/mol. The minimum atomic E-state index is -1.21. The van der Waals surface area contributed by atoms with Crippen LogP contribution >= 0.6 is 11.8 Å². The second kappa shape index (κ2) is 4.87. The van der Waals surface area contributed by atoms with E-state index in [-0.39, 0.29) is 5.56 Å². The summed E-state index contributed by atoms with van der Waals surface area (Å²) in [6, 6.07) is 4.29. The van der Waals surface area contributed by atoms with Crippen molar-refractivity contribution in [1.29, 1.82) is 0 Å². The molecule has 2 nitrogen and oxygen atoms in total. The maximum absolute atomic E-state index is 13.1. The number of hydrogen-bond acceptors (Lipinski definition) is 2. The standard InChI is InChI=1S/C12H13FO2S/c13-11-5-4-9(6-10(11)12(14)15)16-7-8-2-1-3-8/h4-6,8H,1-3,7H2,(H,14,15). The Morgan fingerprint density at radius 1 is 1.50 bits per heavy atom. The molecule has 4 heteroatoms. The fourth-order valence-corrected chi connectivity index (χ4v) is 2.76. The Labute approximate surface area is 97.9 Å². The molecule has 0 heterocycles. The first kappa shape index (κ1) is 11.5. The molecule has 1 aromatic carbocycles. The lowest BCUT2D eigenvalue weighted by atomic mass is 9.87. The fraction of sp³-hybridized carbons (Fsp3) is 0.417. The predicted octanol–water partition coefficient (Wildman–Crippen LogP) is 3.42. The number of benzene rings is 1. The van der Waals surface area contributed by atoms with Crippen LogP contribution in [0.4, 0.5) is 4.39 Å². The Hall–Kier alpha value is -1.03. The molecule has 86 valence electrons. The van der Waals surface area contributed by atoms with Crippen molar-refractivity contribution < 1.29 is 14.3 Å². The van der Waals surface area contributed by atoms with E-state index in [4.69, 9.17) is 5.11 Å². The highest BCUT2D eigenvalue weighted by molar-refractivity contribution is 7.99. The highest BCUT2D eigenvalue weighted by Gasteiger charge is 2.18. The zero-order valence-corrected chi connectivity index (χ0v) is 9.60. The lowest BCUT2D eigenvalue weighted by Crippen LogP contribution is -2.13. The van der Waals surface area contributed by atoms with Crippen molar-refractivity contribution in [3.63, 3.8) is 0 Å². The van der Waals surface area contributed by atoms with Gasteiger partial charge in [0.2, 0.25) is 0 Å². The first-order chi connectivity index (χ1) is 7.66. The minimum absolute atomic E-state index is 0.237. The Morgan fingerprint density at radius 3 is 2.81 bits per heavy atom. The summed E-state index contributed by atoms with van der Waals surface area (Å²) in [6.45, 7) is 0. The first-order valence-electron chi connectivity index (χ1n) is 5.32. The third-order valence-electron chi connectivity index (χ3n) is 2.88. The smallest absolute Gasteiger partial charge is 0.338 e. The van der Waals surface area contributed by atoms with Crippen molar-refractivity contribution in [2.45, 2.75) is 24.2 Å². The number of rotatable bonds is 4. The van der Waals surface area contributed by atoms with Crippen molar-refractivity contribution in [2.75, 3.05) is 5.75 Å². The van der Waals surface area contributed by atoms with Crippen LogP contribution in [0.25, 0.3) is 0 Å². The molecule has 1 N–H and O–H groups in total. The van der Waals surface area contributed by atoms with E-state index in [0.717, 1.165) is 16.6 Å². The average Bonchev–Trinajstić information content (AvgIpc) is 2.17. The van der Waals surface area contributed by atoms with Gasteiger partial charge in [0.25, 0.3) is 0 Å². The van der Waals surface area contributed by atoms with Crippen LogP contribution in [-0.4, -0.2) is 16.8 Å². The van der Waals surface area contributed by atoms with Gasteiger partial charge in [-0.15, -0.1) is 11.8 Å². The maximum Gasteiger partial charge on any atom is 0.338 e. The summed E-state index contributed by atoms with van der Waals surface area (Å²) in [5.74, 6) is -0.113. The molecule has 16 heavy (non-hydrogen) atoms. The van der Waals surface area contributed by atoms with Crippen LogP contribution in [0.15, 0.2) is 23.1 Å². The summed E-state index contributed by atoms with van der Waals surface area (Å²) >= 11 is 1.61. The Balaban J connectivity index is 2.03. The fourth-order valence-electron chi connectivity index (χ4n) is 1.63. The predicted molar refractivity (Wildman–Crippen MR) is 61.4 cm³/mol. The zero-order valence-electron chi connectivity index (χ0n) is 8.78. The van der Waals surface area contributed by atoms with Gasteiger partial charge in [-0.2, -0.15) is 0 Å². The van der Waals surface area contributed by atoms with Crippen LogP contribution < -0.4 is 0 Å². The van der Waals surface area contributed by atoms with Crippen LogP contribution in [-0.2, 0) is 0 Å². The molecule has 0 unspecified atom stereocenters. The van der Waals surface area contributed by atoms with E-state index in [1.54, 1.807) is 17.8 Å². The van der Waals surface area contributed by atoms with Crippen LogP contribution in [0, 0.1) is 11.7 Å². The van der Waals surface area contributed by atoms with Gasteiger partial charge in [-0.25, -0.2) is 9.18 Å². The summed E-state index contributed by atoms with van der Waals surface area (Å²) in [7, 11) is 0. The molecule has 2 rings (SSSR count). The highest BCUT2D eigenvalue weighted by Crippen LogP contribution is 2.32. The summed E-state index contributed by atoms with van der Waals surface area (Å²) in [5, 5.41) is 8.78. The van der Waals surface area contributed by atoms with Crippen LogP contribution in [0.2, 0.25) is 0 Å². The molecule has 0 radical (unpaired) electrons. The molecule has 1 aliphatic rings. The quantitative estimate of drug-likeness (QED) is 0.819. The number of hydrogen-bond donors (Lipinski definition) is 1. The summed E-state index contributed by atoms with van der Waals surface area (Å²) in [5.41, 5.74) is -0.237. The number of carbonyl (C=O) groups is 1. The van der Waals surface area contributed by atoms with E-state index >= 15 is 0 Å². The number of aromatic carboxylic acids is 1. The Kier molecular flexibility index (Phi) is 3.49. The molecule has 0 saturated heterocycles. The SMILES string of the molecule is O=C(O)c1cc(SCC2CCC2)ccc1F. The number of halogens is 1. The topological polar surface area (TPSA) is 37.3 Å². The van der Waals surface area contributed by atoms with Crippen molar-refractivity contribution in [2.24, 2.45) is 5.92 Å². The van der Waals surface area contributed by atoms with Gasteiger partial charge in [0, 0.05) is 10.6 Å². The zero-order chi connectivity index (χ0) is 11.5. The normalized spacial score (nSPS) is 15.8. The van der Waals surface area contributed by atoms with E-state index in [1.165, 1.54) is 31.4 Å². The molecule has 0 aliphatic heterocycles. The van der Waals surface area contributed by atoms with E-state index < -0.39 is 11.8 Å². The highest BCUT2D eigenvalue weighted by atomic mass is 32.2. The second-order valence-corrected chi connectivity index (χ2v) is 5.15. The molecule has 1 aromatic rings. The molecule has 0 amide bonds. The minimum Gasteiger partial charge on any atom is -0.478 e. The maximum atomic E-state index is 13.1. The van der Waals surface area contributed by atoms with Crippen molar-refractivity contribution in [3.05, 3.63) is 29.6 Å². The molecule has 0 aromatic heterocycles.